The molecule has 0 aliphatic carbocycles. The summed E-state index contributed by atoms with van der Waals surface area (Å²) in [4.78, 5) is 9.84. The van der Waals surface area contributed by atoms with E-state index in [0.29, 0.717) is 32.4 Å². The summed E-state index contributed by atoms with van der Waals surface area (Å²) in [7, 11) is 0. The quantitative estimate of drug-likeness (QED) is 0.644. The number of hydrogen-bond acceptors (Lipinski definition) is 6. The van der Waals surface area contributed by atoms with Crippen molar-refractivity contribution in [2.24, 2.45) is 0 Å². The van der Waals surface area contributed by atoms with Gasteiger partial charge in [-0.05, 0) is 19.1 Å². The Morgan fingerprint density at radius 3 is 2.50 bits per heavy atom. The standard InChI is InChI=1S/C18H17F5N6O/c1-9-10(15(19)20)6-13-17(28-2-4-30-5-3-28)26-16(27-29(9)13)11-8-25-14(24)7-12(11)18(21,22)23/h6-8,15H,2-5H2,1H3,(H2,24,25). The number of pyridine rings is 1. The molecule has 1 aliphatic rings. The van der Waals surface area contributed by atoms with Crippen molar-refractivity contribution in [1.82, 2.24) is 19.6 Å². The Labute approximate surface area is 167 Å². The summed E-state index contributed by atoms with van der Waals surface area (Å²) in [6.07, 6.45) is -6.56. The number of fused-ring (bicyclic) bond motifs is 1. The lowest BCUT2D eigenvalue weighted by Gasteiger charge is -2.28. The van der Waals surface area contributed by atoms with Crippen molar-refractivity contribution in [3.63, 3.8) is 0 Å². The summed E-state index contributed by atoms with van der Waals surface area (Å²) in [5.41, 5.74) is 4.14. The molecule has 30 heavy (non-hydrogen) atoms. The van der Waals surface area contributed by atoms with Crippen LogP contribution in [0.4, 0.5) is 33.6 Å². The first-order valence-electron chi connectivity index (χ1n) is 9.01. The number of hydrogen-bond donors (Lipinski definition) is 1. The molecule has 3 aromatic rings. The van der Waals surface area contributed by atoms with E-state index in [-0.39, 0.29) is 39.8 Å². The Hall–Kier alpha value is -3.02. The van der Waals surface area contributed by atoms with Crippen LogP contribution in [0, 0.1) is 6.92 Å². The third-order valence-electron chi connectivity index (χ3n) is 4.91. The van der Waals surface area contributed by atoms with Crippen LogP contribution in [-0.2, 0) is 10.9 Å². The number of ether oxygens (including phenoxy) is 1. The number of morpholine rings is 1. The molecule has 160 valence electrons. The number of nitrogen functional groups attached to an aromatic ring is 1. The van der Waals surface area contributed by atoms with E-state index in [1.165, 1.54) is 17.5 Å². The van der Waals surface area contributed by atoms with E-state index in [4.69, 9.17) is 10.5 Å². The van der Waals surface area contributed by atoms with Crippen LogP contribution >= 0.6 is 0 Å². The van der Waals surface area contributed by atoms with Crippen LogP contribution in [0.25, 0.3) is 16.9 Å². The fourth-order valence-electron chi connectivity index (χ4n) is 3.41. The highest BCUT2D eigenvalue weighted by Crippen LogP contribution is 2.38. The van der Waals surface area contributed by atoms with Gasteiger partial charge in [0.1, 0.15) is 11.3 Å². The third kappa shape index (κ3) is 3.51. The number of aryl methyl sites for hydroxylation is 1. The van der Waals surface area contributed by atoms with Crippen LogP contribution in [0.3, 0.4) is 0 Å². The van der Waals surface area contributed by atoms with Crippen LogP contribution in [0.1, 0.15) is 23.2 Å². The molecule has 0 aromatic carbocycles. The van der Waals surface area contributed by atoms with Crippen molar-refractivity contribution in [3.05, 3.63) is 35.2 Å². The highest BCUT2D eigenvalue weighted by molar-refractivity contribution is 5.74. The average molecular weight is 428 g/mol. The minimum Gasteiger partial charge on any atom is -0.384 e. The van der Waals surface area contributed by atoms with Gasteiger partial charge in [-0.3, -0.25) is 0 Å². The number of halogens is 5. The van der Waals surface area contributed by atoms with Crippen molar-refractivity contribution in [2.45, 2.75) is 19.5 Å². The van der Waals surface area contributed by atoms with Crippen molar-refractivity contribution < 1.29 is 26.7 Å². The summed E-state index contributed by atoms with van der Waals surface area (Å²) in [5.74, 6) is -0.343. The first-order chi connectivity index (χ1) is 14.2. The van der Waals surface area contributed by atoms with E-state index < -0.39 is 18.2 Å². The lowest BCUT2D eigenvalue weighted by molar-refractivity contribution is -0.137. The fraction of sp³-hybridized carbons (Fsp3) is 0.389. The van der Waals surface area contributed by atoms with E-state index in [1.54, 1.807) is 4.90 Å². The summed E-state index contributed by atoms with van der Waals surface area (Å²) in [6.45, 7) is 3.01. The van der Waals surface area contributed by atoms with Crippen LogP contribution in [0.5, 0.6) is 0 Å². The van der Waals surface area contributed by atoms with Gasteiger partial charge in [-0.15, -0.1) is 5.10 Å². The van der Waals surface area contributed by atoms with E-state index >= 15 is 0 Å². The number of nitrogens with two attached hydrogens (primary N) is 1. The second-order valence-electron chi connectivity index (χ2n) is 6.79. The first kappa shape index (κ1) is 20.3. The van der Waals surface area contributed by atoms with Crippen molar-refractivity contribution in [3.8, 4) is 11.4 Å². The highest BCUT2D eigenvalue weighted by atomic mass is 19.4. The fourth-order valence-corrected chi connectivity index (χ4v) is 3.41. The smallest absolute Gasteiger partial charge is 0.384 e. The van der Waals surface area contributed by atoms with E-state index in [0.717, 1.165) is 6.20 Å². The predicted molar refractivity (Wildman–Crippen MR) is 98.4 cm³/mol. The molecule has 4 heterocycles. The van der Waals surface area contributed by atoms with Crippen molar-refractivity contribution in [2.75, 3.05) is 36.9 Å². The average Bonchev–Trinajstić information content (AvgIpc) is 3.04. The van der Waals surface area contributed by atoms with Gasteiger partial charge in [-0.25, -0.2) is 23.3 Å². The number of aromatic nitrogens is 4. The molecule has 0 radical (unpaired) electrons. The normalized spacial score (nSPS) is 15.4. The topological polar surface area (TPSA) is 81.6 Å². The van der Waals surface area contributed by atoms with Gasteiger partial charge in [-0.2, -0.15) is 13.2 Å². The maximum Gasteiger partial charge on any atom is 0.417 e. The lowest BCUT2D eigenvalue weighted by atomic mass is 10.1. The number of alkyl halides is 5. The number of rotatable bonds is 3. The molecular weight excluding hydrogens is 411 g/mol. The molecule has 0 saturated carbocycles. The zero-order valence-corrected chi connectivity index (χ0v) is 15.7. The van der Waals surface area contributed by atoms with Gasteiger partial charge in [0.2, 0.25) is 0 Å². The third-order valence-corrected chi connectivity index (χ3v) is 4.91. The summed E-state index contributed by atoms with van der Waals surface area (Å²) < 4.78 is 74.2. The zero-order chi connectivity index (χ0) is 21.6. The maximum absolute atomic E-state index is 13.6. The predicted octanol–water partition coefficient (Wildman–Crippen LogP) is 3.47. The molecule has 1 aliphatic heterocycles. The molecule has 2 N–H and O–H groups in total. The molecule has 0 spiro atoms. The number of anilines is 2. The molecule has 1 fully saturated rings. The van der Waals surface area contributed by atoms with E-state index in [9.17, 15) is 22.0 Å². The van der Waals surface area contributed by atoms with Gasteiger partial charge >= 0.3 is 6.18 Å². The van der Waals surface area contributed by atoms with Crippen LogP contribution < -0.4 is 10.6 Å². The Bertz CT molecular complexity index is 1090. The van der Waals surface area contributed by atoms with Gasteiger partial charge in [-0.1, -0.05) is 0 Å². The van der Waals surface area contributed by atoms with Crippen molar-refractivity contribution in [1.29, 1.82) is 0 Å². The zero-order valence-electron chi connectivity index (χ0n) is 15.7. The molecule has 0 atom stereocenters. The van der Waals surface area contributed by atoms with Crippen LogP contribution in [-0.4, -0.2) is 45.9 Å². The second kappa shape index (κ2) is 7.35. The van der Waals surface area contributed by atoms with Gasteiger partial charge in [0, 0.05) is 30.5 Å². The van der Waals surface area contributed by atoms with E-state index in [2.05, 4.69) is 15.1 Å². The van der Waals surface area contributed by atoms with Gasteiger partial charge in [0.25, 0.3) is 6.43 Å². The molecule has 3 aromatic heterocycles. The molecular formula is C18H17F5N6O. The SMILES string of the molecule is Cc1c(C(F)F)cc2c(N3CCOCC3)nc(-c3cnc(N)cc3C(F)(F)F)nn12. The molecule has 0 unspecified atom stereocenters. The summed E-state index contributed by atoms with van der Waals surface area (Å²) >= 11 is 0. The molecule has 0 bridgehead atoms. The molecule has 4 rings (SSSR count). The van der Waals surface area contributed by atoms with E-state index in [1.807, 2.05) is 0 Å². The maximum atomic E-state index is 13.6. The molecule has 0 amide bonds. The molecule has 12 heteroatoms. The summed E-state index contributed by atoms with van der Waals surface area (Å²) in [5, 5.41) is 4.14. The molecule has 1 saturated heterocycles. The number of nitrogens with zero attached hydrogens (tertiary/aromatic N) is 5. The largest absolute Gasteiger partial charge is 0.417 e. The summed E-state index contributed by atoms with van der Waals surface area (Å²) in [6, 6.07) is 1.96. The second-order valence-corrected chi connectivity index (χ2v) is 6.79. The van der Waals surface area contributed by atoms with Crippen molar-refractivity contribution >= 4 is 17.2 Å². The first-order valence-corrected chi connectivity index (χ1v) is 9.01. The minimum absolute atomic E-state index is 0.120. The van der Waals surface area contributed by atoms with Gasteiger partial charge in [0.15, 0.2) is 11.6 Å². The Morgan fingerprint density at radius 1 is 1.17 bits per heavy atom. The highest BCUT2D eigenvalue weighted by Gasteiger charge is 2.36. The van der Waals surface area contributed by atoms with Crippen LogP contribution in [0.2, 0.25) is 0 Å². The Balaban J connectivity index is 1.99. The lowest BCUT2D eigenvalue weighted by Crippen LogP contribution is -2.37. The van der Waals surface area contributed by atoms with Gasteiger partial charge < -0.3 is 15.4 Å². The van der Waals surface area contributed by atoms with Crippen LogP contribution in [0.15, 0.2) is 18.3 Å². The molecule has 7 nitrogen and oxygen atoms in total. The monoisotopic (exact) mass is 428 g/mol. The minimum atomic E-state index is -4.73. The Kier molecular flexibility index (Phi) is 4.96. The Morgan fingerprint density at radius 2 is 1.87 bits per heavy atom. The van der Waals surface area contributed by atoms with Gasteiger partial charge in [0.05, 0.1) is 24.3 Å².